The molecule has 0 aliphatic heterocycles. The van der Waals surface area contributed by atoms with Crippen molar-refractivity contribution in [2.75, 3.05) is 0 Å². The van der Waals surface area contributed by atoms with E-state index in [9.17, 15) is 0 Å². The van der Waals surface area contributed by atoms with Crippen molar-refractivity contribution >= 4 is 0 Å². The highest BCUT2D eigenvalue weighted by atomic mass is 15.5. The van der Waals surface area contributed by atoms with Crippen LogP contribution in [0.1, 0.15) is 56.7 Å². The summed E-state index contributed by atoms with van der Waals surface area (Å²) in [4.78, 5) is 9.49. The fourth-order valence-electron chi connectivity index (χ4n) is 3.36. The maximum atomic E-state index is 4.78. The SMILES string of the molecule is CCCc1nc(C(C)CC)nn1Cc1ccc(-c2ccccc2-c2nnn[nH]2)nc1. The number of rotatable bonds is 8. The predicted octanol–water partition coefficient (Wildman–Crippen LogP) is 4.03. The van der Waals surface area contributed by atoms with Gasteiger partial charge < -0.3 is 0 Å². The van der Waals surface area contributed by atoms with Gasteiger partial charge in [-0.15, -0.1) is 5.10 Å². The van der Waals surface area contributed by atoms with Crippen molar-refractivity contribution < 1.29 is 0 Å². The minimum absolute atomic E-state index is 0.365. The number of tetrazole rings is 1. The molecule has 0 spiro atoms. The Morgan fingerprint density at radius 1 is 1.07 bits per heavy atom. The lowest BCUT2D eigenvalue weighted by Gasteiger charge is -2.08. The molecule has 4 aromatic rings. The Morgan fingerprint density at radius 2 is 1.90 bits per heavy atom. The molecule has 0 saturated carbocycles. The van der Waals surface area contributed by atoms with Gasteiger partial charge in [-0.25, -0.2) is 14.8 Å². The summed E-state index contributed by atoms with van der Waals surface area (Å²) >= 11 is 0. The second-order valence-corrected chi connectivity index (χ2v) is 7.45. The van der Waals surface area contributed by atoms with Crippen LogP contribution in [0.25, 0.3) is 22.6 Å². The highest BCUT2D eigenvalue weighted by molar-refractivity contribution is 5.78. The lowest BCUT2D eigenvalue weighted by atomic mass is 10.0. The van der Waals surface area contributed by atoms with E-state index in [4.69, 9.17) is 15.1 Å². The summed E-state index contributed by atoms with van der Waals surface area (Å²) in [5.41, 5.74) is 3.87. The molecule has 8 nitrogen and oxygen atoms in total. The van der Waals surface area contributed by atoms with Gasteiger partial charge in [0.1, 0.15) is 5.82 Å². The lowest BCUT2D eigenvalue weighted by molar-refractivity contribution is 0.608. The maximum Gasteiger partial charge on any atom is 0.180 e. The Labute approximate surface area is 175 Å². The molecular formula is C22H26N8. The van der Waals surface area contributed by atoms with Gasteiger partial charge in [-0.1, -0.05) is 51.1 Å². The van der Waals surface area contributed by atoms with E-state index in [1.165, 1.54) is 0 Å². The third-order valence-electron chi connectivity index (χ3n) is 5.25. The second-order valence-electron chi connectivity index (χ2n) is 7.45. The van der Waals surface area contributed by atoms with Crippen molar-refractivity contribution in [3.05, 3.63) is 59.8 Å². The van der Waals surface area contributed by atoms with Gasteiger partial charge >= 0.3 is 0 Å². The molecule has 4 rings (SSSR count). The van der Waals surface area contributed by atoms with Crippen LogP contribution < -0.4 is 0 Å². The van der Waals surface area contributed by atoms with Crippen molar-refractivity contribution in [1.82, 2.24) is 40.4 Å². The molecule has 30 heavy (non-hydrogen) atoms. The largest absolute Gasteiger partial charge is 0.256 e. The van der Waals surface area contributed by atoms with Crippen LogP contribution in [0.5, 0.6) is 0 Å². The van der Waals surface area contributed by atoms with Crippen LogP contribution in [0.15, 0.2) is 42.6 Å². The zero-order valence-electron chi connectivity index (χ0n) is 17.6. The number of nitrogens with zero attached hydrogens (tertiary/aromatic N) is 7. The summed E-state index contributed by atoms with van der Waals surface area (Å²) < 4.78 is 2.02. The predicted molar refractivity (Wildman–Crippen MR) is 115 cm³/mol. The van der Waals surface area contributed by atoms with Crippen LogP contribution in [0, 0.1) is 0 Å². The maximum absolute atomic E-state index is 4.78. The summed E-state index contributed by atoms with van der Waals surface area (Å²) in [6.45, 7) is 7.17. The minimum Gasteiger partial charge on any atom is -0.256 e. The number of pyridine rings is 1. The van der Waals surface area contributed by atoms with E-state index in [0.717, 1.165) is 53.3 Å². The number of aromatic amines is 1. The molecular weight excluding hydrogens is 376 g/mol. The smallest absolute Gasteiger partial charge is 0.180 e. The molecule has 1 atom stereocenters. The Hall–Kier alpha value is -3.42. The zero-order chi connectivity index (χ0) is 20.9. The van der Waals surface area contributed by atoms with Gasteiger partial charge in [-0.3, -0.25) is 4.98 Å². The summed E-state index contributed by atoms with van der Waals surface area (Å²) in [5, 5.41) is 19.0. The van der Waals surface area contributed by atoms with Gasteiger partial charge in [0.05, 0.1) is 12.2 Å². The Kier molecular flexibility index (Phi) is 5.92. The van der Waals surface area contributed by atoms with Crippen LogP contribution in [-0.2, 0) is 13.0 Å². The Bertz CT molecular complexity index is 1080. The molecule has 8 heteroatoms. The highest BCUT2D eigenvalue weighted by Crippen LogP contribution is 2.28. The topological polar surface area (TPSA) is 98.1 Å². The molecule has 1 N–H and O–H groups in total. The highest BCUT2D eigenvalue weighted by Gasteiger charge is 2.15. The van der Waals surface area contributed by atoms with E-state index in [1.54, 1.807) is 0 Å². The van der Waals surface area contributed by atoms with Crippen molar-refractivity contribution in [2.24, 2.45) is 0 Å². The van der Waals surface area contributed by atoms with Crippen molar-refractivity contribution in [3.63, 3.8) is 0 Å². The van der Waals surface area contributed by atoms with E-state index < -0.39 is 0 Å². The number of aryl methyl sites for hydroxylation is 1. The minimum atomic E-state index is 0.365. The van der Waals surface area contributed by atoms with E-state index in [-0.39, 0.29) is 0 Å². The molecule has 0 aliphatic carbocycles. The van der Waals surface area contributed by atoms with E-state index in [0.29, 0.717) is 18.3 Å². The third kappa shape index (κ3) is 4.12. The number of nitrogens with one attached hydrogen (secondary N) is 1. The number of aromatic nitrogens is 8. The van der Waals surface area contributed by atoms with Gasteiger partial charge in [0.2, 0.25) is 0 Å². The Balaban J connectivity index is 1.59. The molecule has 154 valence electrons. The van der Waals surface area contributed by atoms with Crippen LogP contribution in [0.3, 0.4) is 0 Å². The molecule has 0 amide bonds. The van der Waals surface area contributed by atoms with E-state index in [2.05, 4.69) is 47.5 Å². The number of benzene rings is 1. The third-order valence-corrected chi connectivity index (χ3v) is 5.25. The van der Waals surface area contributed by atoms with Crippen molar-refractivity contribution in [1.29, 1.82) is 0 Å². The fourth-order valence-corrected chi connectivity index (χ4v) is 3.36. The van der Waals surface area contributed by atoms with Gasteiger partial charge in [0, 0.05) is 29.7 Å². The number of H-pyrrole nitrogens is 1. The Morgan fingerprint density at radius 3 is 2.57 bits per heavy atom. The lowest BCUT2D eigenvalue weighted by Crippen LogP contribution is -2.07. The first-order valence-corrected chi connectivity index (χ1v) is 10.4. The molecule has 0 fully saturated rings. The van der Waals surface area contributed by atoms with Crippen LogP contribution >= 0.6 is 0 Å². The monoisotopic (exact) mass is 402 g/mol. The fraction of sp³-hybridized carbons (Fsp3) is 0.364. The van der Waals surface area contributed by atoms with Gasteiger partial charge in [-0.2, -0.15) is 5.10 Å². The van der Waals surface area contributed by atoms with E-state index in [1.807, 2.05) is 41.2 Å². The normalized spacial score (nSPS) is 12.2. The van der Waals surface area contributed by atoms with Crippen LogP contribution in [0.2, 0.25) is 0 Å². The molecule has 1 aromatic carbocycles. The quantitative estimate of drug-likeness (QED) is 0.478. The van der Waals surface area contributed by atoms with Crippen molar-refractivity contribution in [3.8, 4) is 22.6 Å². The van der Waals surface area contributed by atoms with Gasteiger partial charge in [0.15, 0.2) is 11.6 Å². The second kappa shape index (κ2) is 8.94. The average molecular weight is 403 g/mol. The summed E-state index contributed by atoms with van der Waals surface area (Å²) in [5.74, 6) is 2.96. The van der Waals surface area contributed by atoms with Gasteiger partial charge in [0.25, 0.3) is 0 Å². The molecule has 0 saturated heterocycles. The number of hydrogen-bond acceptors (Lipinski definition) is 6. The van der Waals surface area contributed by atoms with Crippen LogP contribution in [0.4, 0.5) is 0 Å². The number of hydrogen-bond donors (Lipinski definition) is 1. The molecule has 0 radical (unpaired) electrons. The first kappa shape index (κ1) is 19.9. The summed E-state index contributed by atoms with van der Waals surface area (Å²) in [7, 11) is 0. The van der Waals surface area contributed by atoms with E-state index >= 15 is 0 Å². The standard InChI is InChI=1S/C22H26N8/c1-4-8-20-24-21(15(3)5-2)27-30(20)14-16-11-12-19(23-13-16)17-9-6-7-10-18(17)22-25-28-29-26-22/h6-7,9-13,15H,4-5,8,14H2,1-3H3,(H,25,26,28,29). The molecule has 3 heterocycles. The molecule has 3 aromatic heterocycles. The van der Waals surface area contributed by atoms with Crippen molar-refractivity contribution in [2.45, 2.75) is 52.5 Å². The van der Waals surface area contributed by atoms with Gasteiger partial charge in [-0.05, 0) is 34.9 Å². The summed E-state index contributed by atoms with van der Waals surface area (Å²) in [6, 6.07) is 12.1. The molecule has 0 aliphatic rings. The summed E-state index contributed by atoms with van der Waals surface area (Å²) in [6.07, 6.45) is 4.91. The zero-order valence-corrected chi connectivity index (χ0v) is 17.6. The first-order valence-electron chi connectivity index (χ1n) is 10.4. The molecule has 1 unspecified atom stereocenters. The average Bonchev–Trinajstić information content (AvgIpc) is 3.45. The molecule has 0 bridgehead atoms. The van der Waals surface area contributed by atoms with Crippen LogP contribution in [-0.4, -0.2) is 40.4 Å². The first-order chi connectivity index (χ1) is 14.7.